The Labute approximate surface area is 120 Å². The maximum atomic E-state index is 11.9. The summed E-state index contributed by atoms with van der Waals surface area (Å²) in [5, 5.41) is 13.9. The van der Waals surface area contributed by atoms with Crippen molar-refractivity contribution in [3.63, 3.8) is 0 Å². The molecule has 0 spiro atoms. The second-order valence-corrected chi connectivity index (χ2v) is 4.95. The normalized spacial score (nSPS) is 9.70. The van der Waals surface area contributed by atoms with E-state index >= 15 is 0 Å². The lowest BCUT2D eigenvalue weighted by Crippen LogP contribution is -2.13. The third-order valence-corrected chi connectivity index (χ3v) is 3.07. The van der Waals surface area contributed by atoms with Gasteiger partial charge in [-0.05, 0) is 25.0 Å². The zero-order valence-corrected chi connectivity index (χ0v) is 11.7. The molecule has 0 radical (unpaired) electrons. The van der Waals surface area contributed by atoms with Crippen LogP contribution < -0.4 is 5.32 Å². The first-order chi connectivity index (χ1) is 9.69. The molecule has 2 rings (SSSR count). The monoisotopic (exact) mass is 287 g/mol. The Kier molecular flexibility index (Phi) is 4.82. The van der Waals surface area contributed by atoms with Gasteiger partial charge in [-0.15, -0.1) is 11.3 Å². The van der Waals surface area contributed by atoms with Crippen LogP contribution in [0.3, 0.4) is 0 Å². The number of aryl methyl sites for hydroxylation is 1. The Morgan fingerprint density at radius 1 is 1.45 bits per heavy atom. The standard InChI is InChI=1S/C14H13N3O2S/c1-10-15-12(9-20-10)14(19)17-13-7-4-6-11(16-13)5-2-3-8-18/h4,6-7,9,18H,3,8H2,1H3,(H,16,17,19). The fourth-order valence-corrected chi connectivity index (χ4v) is 2.02. The van der Waals surface area contributed by atoms with Crippen LogP contribution in [0.2, 0.25) is 0 Å². The van der Waals surface area contributed by atoms with Crippen molar-refractivity contribution in [2.75, 3.05) is 11.9 Å². The highest BCUT2D eigenvalue weighted by molar-refractivity contribution is 7.09. The molecule has 20 heavy (non-hydrogen) atoms. The Hall–Kier alpha value is -2.23. The zero-order chi connectivity index (χ0) is 14.4. The van der Waals surface area contributed by atoms with Crippen LogP contribution in [0.5, 0.6) is 0 Å². The molecule has 0 saturated carbocycles. The number of aliphatic hydroxyl groups is 1. The molecule has 0 fully saturated rings. The second kappa shape index (κ2) is 6.80. The Morgan fingerprint density at radius 2 is 2.30 bits per heavy atom. The van der Waals surface area contributed by atoms with Crippen molar-refractivity contribution < 1.29 is 9.90 Å². The molecule has 1 amide bonds. The predicted octanol–water partition coefficient (Wildman–Crippen LogP) is 1.83. The molecule has 0 aliphatic heterocycles. The number of thiazole rings is 1. The quantitative estimate of drug-likeness (QED) is 0.845. The summed E-state index contributed by atoms with van der Waals surface area (Å²) in [6, 6.07) is 5.19. The van der Waals surface area contributed by atoms with Crippen LogP contribution in [0, 0.1) is 18.8 Å². The summed E-state index contributed by atoms with van der Waals surface area (Å²) >= 11 is 1.42. The van der Waals surface area contributed by atoms with Crippen LogP contribution >= 0.6 is 11.3 Å². The third kappa shape index (κ3) is 3.88. The maximum absolute atomic E-state index is 11.9. The predicted molar refractivity (Wildman–Crippen MR) is 77.6 cm³/mol. The fraction of sp³-hybridized carbons (Fsp3) is 0.214. The van der Waals surface area contributed by atoms with Gasteiger partial charge in [-0.3, -0.25) is 4.79 Å². The van der Waals surface area contributed by atoms with E-state index in [2.05, 4.69) is 27.1 Å². The first-order valence-electron chi connectivity index (χ1n) is 5.99. The number of anilines is 1. The van der Waals surface area contributed by atoms with Crippen LogP contribution in [0.4, 0.5) is 5.82 Å². The molecule has 2 aromatic rings. The van der Waals surface area contributed by atoms with Gasteiger partial charge in [0.25, 0.3) is 5.91 Å². The van der Waals surface area contributed by atoms with Gasteiger partial charge in [0.2, 0.25) is 0 Å². The third-order valence-electron chi connectivity index (χ3n) is 2.30. The van der Waals surface area contributed by atoms with Gasteiger partial charge in [-0.1, -0.05) is 12.0 Å². The van der Waals surface area contributed by atoms with Crippen molar-refractivity contribution in [1.29, 1.82) is 0 Å². The van der Waals surface area contributed by atoms with Gasteiger partial charge in [0.1, 0.15) is 17.2 Å². The molecule has 2 heterocycles. The number of carbonyl (C=O) groups is 1. The highest BCUT2D eigenvalue weighted by Crippen LogP contribution is 2.11. The number of hydrogen-bond donors (Lipinski definition) is 2. The van der Waals surface area contributed by atoms with Crippen LogP contribution in [0.15, 0.2) is 23.6 Å². The van der Waals surface area contributed by atoms with Gasteiger partial charge in [0.15, 0.2) is 0 Å². The number of nitrogens with one attached hydrogen (secondary N) is 1. The molecule has 0 bridgehead atoms. The number of nitrogens with zero attached hydrogens (tertiary/aromatic N) is 2. The Bertz CT molecular complexity index is 670. The van der Waals surface area contributed by atoms with Gasteiger partial charge in [0, 0.05) is 11.8 Å². The molecule has 102 valence electrons. The molecule has 2 N–H and O–H groups in total. The summed E-state index contributed by atoms with van der Waals surface area (Å²) in [6.07, 6.45) is 0.399. The molecule has 0 unspecified atom stereocenters. The molecule has 0 aliphatic carbocycles. The smallest absolute Gasteiger partial charge is 0.276 e. The second-order valence-electron chi connectivity index (χ2n) is 3.89. The average molecular weight is 287 g/mol. The zero-order valence-electron chi connectivity index (χ0n) is 10.9. The van der Waals surface area contributed by atoms with Crippen molar-refractivity contribution in [3.05, 3.63) is 40.0 Å². The molecule has 6 heteroatoms. The van der Waals surface area contributed by atoms with Crippen molar-refractivity contribution in [3.8, 4) is 11.8 Å². The van der Waals surface area contributed by atoms with Crippen LogP contribution in [-0.2, 0) is 0 Å². The highest BCUT2D eigenvalue weighted by Gasteiger charge is 2.10. The molecule has 0 saturated heterocycles. The summed E-state index contributed by atoms with van der Waals surface area (Å²) in [7, 11) is 0. The van der Waals surface area contributed by atoms with Crippen LogP contribution in [0.1, 0.15) is 27.6 Å². The van der Waals surface area contributed by atoms with E-state index < -0.39 is 0 Å². The lowest BCUT2D eigenvalue weighted by Gasteiger charge is -2.02. The van der Waals surface area contributed by atoms with E-state index in [4.69, 9.17) is 5.11 Å². The number of carbonyl (C=O) groups excluding carboxylic acids is 1. The topological polar surface area (TPSA) is 75.1 Å². The van der Waals surface area contributed by atoms with Crippen molar-refractivity contribution in [2.24, 2.45) is 0 Å². The van der Waals surface area contributed by atoms with Crippen LogP contribution in [-0.4, -0.2) is 27.6 Å². The summed E-state index contributed by atoms with van der Waals surface area (Å²) in [6.45, 7) is 1.86. The lowest BCUT2D eigenvalue weighted by molar-refractivity contribution is 0.102. The summed E-state index contributed by atoms with van der Waals surface area (Å²) in [5.41, 5.74) is 0.928. The summed E-state index contributed by atoms with van der Waals surface area (Å²) in [4.78, 5) is 20.2. The molecule has 0 aliphatic rings. The number of aromatic nitrogens is 2. The largest absolute Gasteiger partial charge is 0.395 e. The van der Waals surface area contributed by atoms with E-state index in [-0.39, 0.29) is 12.5 Å². The van der Waals surface area contributed by atoms with Crippen molar-refractivity contribution in [2.45, 2.75) is 13.3 Å². The van der Waals surface area contributed by atoms with E-state index in [1.54, 1.807) is 23.6 Å². The summed E-state index contributed by atoms with van der Waals surface area (Å²) < 4.78 is 0. The molecule has 0 atom stereocenters. The minimum Gasteiger partial charge on any atom is -0.395 e. The summed E-state index contributed by atoms with van der Waals surface area (Å²) in [5.74, 6) is 5.74. The molecular formula is C14H13N3O2S. The van der Waals surface area contributed by atoms with E-state index in [1.165, 1.54) is 11.3 Å². The number of pyridine rings is 1. The molecule has 0 aromatic carbocycles. The number of rotatable bonds is 3. The maximum Gasteiger partial charge on any atom is 0.276 e. The van der Waals surface area contributed by atoms with Crippen molar-refractivity contribution >= 4 is 23.1 Å². The van der Waals surface area contributed by atoms with Gasteiger partial charge >= 0.3 is 0 Å². The molecule has 2 aromatic heterocycles. The highest BCUT2D eigenvalue weighted by atomic mass is 32.1. The van der Waals surface area contributed by atoms with Gasteiger partial charge in [-0.2, -0.15) is 0 Å². The van der Waals surface area contributed by atoms with Gasteiger partial charge in [-0.25, -0.2) is 9.97 Å². The Morgan fingerprint density at radius 3 is 3.00 bits per heavy atom. The Balaban J connectivity index is 2.08. The first kappa shape index (κ1) is 14.2. The van der Waals surface area contributed by atoms with Gasteiger partial charge < -0.3 is 10.4 Å². The van der Waals surface area contributed by atoms with E-state index in [9.17, 15) is 4.79 Å². The van der Waals surface area contributed by atoms with E-state index in [1.807, 2.05) is 6.92 Å². The average Bonchev–Trinajstić information content (AvgIpc) is 2.86. The van der Waals surface area contributed by atoms with E-state index in [0.29, 0.717) is 23.6 Å². The number of amides is 1. The number of aliphatic hydroxyl groups excluding tert-OH is 1. The van der Waals surface area contributed by atoms with Gasteiger partial charge in [0.05, 0.1) is 11.6 Å². The SMILES string of the molecule is Cc1nc(C(=O)Nc2cccc(C#CCCO)n2)cs1. The minimum absolute atomic E-state index is 0.0204. The van der Waals surface area contributed by atoms with Crippen molar-refractivity contribution in [1.82, 2.24) is 9.97 Å². The molecule has 5 nitrogen and oxygen atoms in total. The van der Waals surface area contributed by atoms with E-state index in [0.717, 1.165) is 5.01 Å². The van der Waals surface area contributed by atoms with Crippen LogP contribution in [0.25, 0.3) is 0 Å². The first-order valence-corrected chi connectivity index (χ1v) is 6.87. The lowest BCUT2D eigenvalue weighted by atomic mass is 10.3. The fourth-order valence-electron chi connectivity index (χ4n) is 1.43. The minimum atomic E-state index is -0.290. The number of hydrogen-bond acceptors (Lipinski definition) is 5. The molecular weight excluding hydrogens is 274 g/mol.